The Morgan fingerprint density at radius 2 is 1.65 bits per heavy atom. The fourth-order valence-corrected chi connectivity index (χ4v) is 2.36. The molecule has 1 aromatic carbocycles. The van der Waals surface area contributed by atoms with Crippen molar-refractivity contribution in [1.29, 1.82) is 0 Å². The highest BCUT2D eigenvalue weighted by Gasteiger charge is 2.20. The van der Waals surface area contributed by atoms with Gasteiger partial charge in [0.05, 0.1) is 6.61 Å². The zero-order valence-electron chi connectivity index (χ0n) is 10.1. The van der Waals surface area contributed by atoms with Gasteiger partial charge in [0, 0.05) is 12.3 Å². The minimum atomic E-state index is 0.339. The van der Waals surface area contributed by atoms with Crippen molar-refractivity contribution in [2.75, 3.05) is 18.9 Å². The molecule has 1 aliphatic rings. The zero-order valence-corrected chi connectivity index (χ0v) is 10.1. The number of ether oxygens (including phenoxy) is 1. The predicted molar refractivity (Wildman–Crippen MR) is 68.9 cm³/mol. The molecule has 2 rings (SSSR count). The summed E-state index contributed by atoms with van der Waals surface area (Å²) >= 11 is 0. The van der Waals surface area contributed by atoms with Crippen molar-refractivity contribution < 1.29 is 9.84 Å². The molecule has 0 atom stereocenters. The SMILES string of the molecule is Nc1ccc(OCC2CCC(CO)CC2)cc1. The third kappa shape index (κ3) is 3.63. The van der Waals surface area contributed by atoms with Crippen molar-refractivity contribution in [2.24, 2.45) is 11.8 Å². The fraction of sp³-hybridized carbons (Fsp3) is 0.571. The van der Waals surface area contributed by atoms with E-state index in [9.17, 15) is 0 Å². The van der Waals surface area contributed by atoms with Gasteiger partial charge in [-0.15, -0.1) is 0 Å². The minimum Gasteiger partial charge on any atom is -0.493 e. The number of rotatable bonds is 4. The van der Waals surface area contributed by atoms with Crippen LogP contribution >= 0.6 is 0 Å². The summed E-state index contributed by atoms with van der Waals surface area (Å²) in [5.74, 6) is 2.04. The van der Waals surface area contributed by atoms with Gasteiger partial charge in [-0.2, -0.15) is 0 Å². The van der Waals surface area contributed by atoms with E-state index in [0.29, 0.717) is 18.4 Å². The molecule has 3 N–H and O–H groups in total. The van der Waals surface area contributed by atoms with Crippen LogP contribution in [0, 0.1) is 11.8 Å². The number of hydrogen-bond donors (Lipinski definition) is 2. The normalized spacial score (nSPS) is 24.5. The van der Waals surface area contributed by atoms with Crippen molar-refractivity contribution >= 4 is 5.69 Å². The molecule has 3 heteroatoms. The van der Waals surface area contributed by atoms with Gasteiger partial charge >= 0.3 is 0 Å². The van der Waals surface area contributed by atoms with Crippen LogP contribution in [0.5, 0.6) is 5.75 Å². The quantitative estimate of drug-likeness (QED) is 0.788. The first-order valence-electron chi connectivity index (χ1n) is 6.37. The molecule has 1 saturated carbocycles. The van der Waals surface area contributed by atoms with Gasteiger partial charge in [0.2, 0.25) is 0 Å². The number of nitrogen functional groups attached to an aromatic ring is 1. The molecule has 0 saturated heterocycles. The maximum absolute atomic E-state index is 9.07. The molecule has 17 heavy (non-hydrogen) atoms. The van der Waals surface area contributed by atoms with Crippen LogP contribution < -0.4 is 10.5 Å². The van der Waals surface area contributed by atoms with Crippen molar-refractivity contribution in [3.8, 4) is 5.75 Å². The van der Waals surface area contributed by atoms with Gasteiger partial charge in [0.25, 0.3) is 0 Å². The minimum absolute atomic E-state index is 0.339. The highest BCUT2D eigenvalue weighted by Crippen LogP contribution is 2.29. The Hall–Kier alpha value is -1.22. The molecule has 0 amide bonds. The Labute approximate surface area is 103 Å². The van der Waals surface area contributed by atoms with Crippen molar-refractivity contribution in [3.63, 3.8) is 0 Å². The first-order chi connectivity index (χ1) is 8.28. The van der Waals surface area contributed by atoms with E-state index in [0.717, 1.165) is 30.9 Å². The molecule has 94 valence electrons. The van der Waals surface area contributed by atoms with Gasteiger partial charge in [0.1, 0.15) is 5.75 Å². The van der Waals surface area contributed by atoms with E-state index in [4.69, 9.17) is 15.6 Å². The number of hydrogen-bond acceptors (Lipinski definition) is 3. The van der Waals surface area contributed by atoms with E-state index in [1.165, 1.54) is 12.8 Å². The molecule has 0 aliphatic heterocycles. The van der Waals surface area contributed by atoms with Gasteiger partial charge in [-0.3, -0.25) is 0 Å². The number of aliphatic hydroxyl groups is 1. The van der Waals surface area contributed by atoms with Gasteiger partial charge in [0.15, 0.2) is 0 Å². The lowest BCUT2D eigenvalue weighted by molar-refractivity contribution is 0.139. The standard InChI is InChI=1S/C14H21NO2/c15-13-5-7-14(8-6-13)17-10-12-3-1-11(9-16)2-4-12/h5-8,11-12,16H,1-4,9-10,15H2. The van der Waals surface area contributed by atoms with Gasteiger partial charge < -0.3 is 15.6 Å². The Morgan fingerprint density at radius 3 is 2.24 bits per heavy atom. The third-order valence-electron chi connectivity index (χ3n) is 3.59. The summed E-state index contributed by atoms with van der Waals surface area (Å²) in [7, 11) is 0. The lowest BCUT2D eigenvalue weighted by Gasteiger charge is -2.27. The summed E-state index contributed by atoms with van der Waals surface area (Å²) in [5.41, 5.74) is 6.38. The number of nitrogens with two attached hydrogens (primary N) is 1. The lowest BCUT2D eigenvalue weighted by Crippen LogP contribution is -2.21. The Balaban J connectivity index is 1.74. The van der Waals surface area contributed by atoms with Crippen LogP contribution in [0.25, 0.3) is 0 Å². The van der Waals surface area contributed by atoms with Crippen molar-refractivity contribution in [3.05, 3.63) is 24.3 Å². The largest absolute Gasteiger partial charge is 0.493 e. The lowest BCUT2D eigenvalue weighted by atomic mass is 9.83. The summed E-state index contributed by atoms with van der Waals surface area (Å²) in [6, 6.07) is 7.54. The molecule has 0 aromatic heterocycles. The van der Waals surface area contributed by atoms with E-state index in [2.05, 4.69) is 0 Å². The van der Waals surface area contributed by atoms with Gasteiger partial charge in [-0.25, -0.2) is 0 Å². The summed E-state index contributed by atoms with van der Waals surface area (Å²) < 4.78 is 5.75. The highest BCUT2D eigenvalue weighted by molar-refractivity contribution is 5.41. The van der Waals surface area contributed by atoms with Crippen LogP contribution in [0.1, 0.15) is 25.7 Å². The molecule has 1 aromatic rings. The number of aliphatic hydroxyl groups excluding tert-OH is 1. The smallest absolute Gasteiger partial charge is 0.119 e. The maximum atomic E-state index is 9.07. The van der Waals surface area contributed by atoms with Crippen LogP contribution in [0.3, 0.4) is 0 Å². The van der Waals surface area contributed by atoms with E-state index in [1.54, 1.807) is 0 Å². The van der Waals surface area contributed by atoms with Gasteiger partial charge in [-0.1, -0.05) is 0 Å². The Kier molecular flexibility index (Phi) is 4.26. The number of benzene rings is 1. The molecular weight excluding hydrogens is 214 g/mol. The Morgan fingerprint density at radius 1 is 1.06 bits per heavy atom. The molecule has 3 nitrogen and oxygen atoms in total. The molecule has 0 radical (unpaired) electrons. The first kappa shape index (κ1) is 12.2. The monoisotopic (exact) mass is 235 g/mol. The van der Waals surface area contributed by atoms with Gasteiger partial charge in [-0.05, 0) is 61.8 Å². The second-order valence-corrected chi connectivity index (χ2v) is 4.95. The van der Waals surface area contributed by atoms with Crippen LogP contribution in [-0.4, -0.2) is 18.3 Å². The van der Waals surface area contributed by atoms with E-state index in [-0.39, 0.29) is 0 Å². The Bertz CT molecular complexity index is 329. The van der Waals surface area contributed by atoms with Crippen molar-refractivity contribution in [1.82, 2.24) is 0 Å². The van der Waals surface area contributed by atoms with Crippen LogP contribution in [0.15, 0.2) is 24.3 Å². The van der Waals surface area contributed by atoms with E-state index >= 15 is 0 Å². The van der Waals surface area contributed by atoms with Crippen LogP contribution in [0.2, 0.25) is 0 Å². The van der Waals surface area contributed by atoms with E-state index in [1.807, 2.05) is 24.3 Å². The zero-order chi connectivity index (χ0) is 12.1. The summed E-state index contributed by atoms with van der Waals surface area (Å²) in [6.07, 6.45) is 4.60. The molecule has 1 aliphatic carbocycles. The molecule has 0 spiro atoms. The topological polar surface area (TPSA) is 55.5 Å². The third-order valence-corrected chi connectivity index (χ3v) is 3.59. The molecule has 1 fully saturated rings. The fourth-order valence-electron chi connectivity index (χ4n) is 2.36. The summed E-state index contributed by atoms with van der Waals surface area (Å²) in [4.78, 5) is 0. The molecular formula is C14H21NO2. The second-order valence-electron chi connectivity index (χ2n) is 4.95. The average Bonchev–Trinajstić information content (AvgIpc) is 2.39. The van der Waals surface area contributed by atoms with Crippen LogP contribution in [-0.2, 0) is 0 Å². The second kappa shape index (κ2) is 5.92. The van der Waals surface area contributed by atoms with Crippen LogP contribution in [0.4, 0.5) is 5.69 Å². The number of anilines is 1. The molecule has 0 bridgehead atoms. The summed E-state index contributed by atoms with van der Waals surface area (Å²) in [5, 5.41) is 9.07. The first-order valence-corrected chi connectivity index (χ1v) is 6.37. The molecule has 0 unspecified atom stereocenters. The van der Waals surface area contributed by atoms with E-state index < -0.39 is 0 Å². The highest BCUT2D eigenvalue weighted by atomic mass is 16.5. The maximum Gasteiger partial charge on any atom is 0.119 e. The predicted octanol–water partition coefficient (Wildman–Crippen LogP) is 2.45. The summed E-state index contributed by atoms with van der Waals surface area (Å²) in [6.45, 7) is 1.12. The molecule has 0 heterocycles. The average molecular weight is 235 g/mol. The van der Waals surface area contributed by atoms with Crippen molar-refractivity contribution in [2.45, 2.75) is 25.7 Å².